The van der Waals surface area contributed by atoms with Crippen LogP contribution in [-0.2, 0) is 10.0 Å². The number of piperazine rings is 1. The average Bonchev–Trinajstić information content (AvgIpc) is 3.17. The van der Waals surface area contributed by atoms with Crippen LogP contribution in [0, 0.1) is 0 Å². The predicted octanol–water partition coefficient (Wildman–Crippen LogP) is 3.06. The van der Waals surface area contributed by atoms with Crippen LogP contribution < -0.4 is 4.72 Å². The molecule has 0 unspecified atom stereocenters. The first-order valence-electron chi connectivity index (χ1n) is 9.35. The number of hydrogen-bond acceptors (Lipinski definition) is 4. The van der Waals surface area contributed by atoms with Crippen molar-refractivity contribution in [2.75, 3.05) is 30.9 Å². The molecule has 2 heterocycles. The lowest BCUT2D eigenvalue weighted by molar-refractivity contribution is 0.0571. The summed E-state index contributed by atoms with van der Waals surface area (Å²) in [4.78, 5) is 17.3. The second-order valence-corrected chi connectivity index (χ2v) is 9.29. The molecule has 28 heavy (non-hydrogen) atoms. The first kappa shape index (κ1) is 19.2. The molecule has 0 radical (unpaired) electrons. The van der Waals surface area contributed by atoms with Crippen molar-refractivity contribution < 1.29 is 13.2 Å². The molecule has 0 aromatic heterocycles. The van der Waals surface area contributed by atoms with Crippen LogP contribution in [0.5, 0.6) is 0 Å². The zero-order valence-corrected chi connectivity index (χ0v) is 16.9. The Morgan fingerprint density at radius 3 is 2.71 bits per heavy atom. The van der Waals surface area contributed by atoms with Crippen LogP contribution in [-0.4, -0.2) is 56.3 Å². The SMILES string of the molecule is O=C(c1cccc(S(=O)(=O)Nc2ccccc2Cl)c1)N1CCN2CCC[C@H]2C1. The van der Waals surface area contributed by atoms with Gasteiger partial charge in [-0.15, -0.1) is 0 Å². The summed E-state index contributed by atoms with van der Waals surface area (Å²) in [5.74, 6) is -0.124. The highest BCUT2D eigenvalue weighted by Crippen LogP contribution is 2.25. The van der Waals surface area contributed by atoms with Gasteiger partial charge in [-0.3, -0.25) is 14.4 Å². The summed E-state index contributed by atoms with van der Waals surface area (Å²) in [6, 6.07) is 13.2. The third-order valence-corrected chi connectivity index (χ3v) is 7.08. The number of hydrogen-bond donors (Lipinski definition) is 1. The molecule has 2 aliphatic heterocycles. The number of nitrogens with one attached hydrogen (secondary N) is 1. The fraction of sp³-hybridized carbons (Fsp3) is 0.350. The summed E-state index contributed by atoms with van der Waals surface area (Å²) in [5, 5.41) is 0.313. The Balaban J connectivity index is 1.54. The fourth-order valence-corrected chi connectivity index (χ4v) is 5.27. The molecule has 2 aliphatic rings. The van der Waals surface area contributed by atoms with Crippen LogP contribution >= 0.6 is 11.6 Å². The third-order valence-electron chi connectivity index (χ3n) is 5.38. The highest BCUT2D eigenvalue weighted by molar-refractivity contribution is 7.92. The molecule has 8 heteroatoms. The minimum atomic E-state index is -3.85. The summed E-state index contributed by atoms with van der Waals surface area (Å²) in [5.41, 5.74) is 0.687. The molecule has 0 spiro atoms. The van der Waals surface area contributed by atoms with Gasteiger partial charge in [0.15, 0.2) is 0 Å². The van der Waals surface area contributed by atoms with Gasteiger partial charge in [-0.1, -0.05) is 29.8 Å². The topological polar surface area (TPSA) is 69.7 Å². The predicted molar refractivity (Wildman–Crippen MR) is 109 cm³/mol. The van der Waals surface area contributed by atoms with Crippen LogP contribution in [0.15, 0.2) is 53.4 Å². The number of fused-ring (bicyclic) bond motifs is 1. The monoisotopic (exact) mass is 419 g/mol. The Kier molecular flexibility index (Phi) is 5.31. The standard InChI is InChI=1S/C20H22ClN3O3S/c21-18-8-1-2-9-19(18)22-28(26,27)17-7-3-5-15(13-17)20(25)24-12-11-23-10-4-6-16(23)14-24/h1-3,5,7-9,13,16,22H,4,6,10-12,14H2/t16-/m0/s1. The van der Waals surface area contributed by atoms with Crippen molar-refractivity contribution in [1.29, 1.82) is 0 Å². The minimum absolute atomic E-state index is 0.0396. The molecule has 2 saturated heterocycles. The van der Waals surface area contributed by atoms with Gasteiger partial charge in [0.2, 0.25) is 0 Å². The van der Waals surface area contributed by atoms with Crippen molar-refractivity contribution >= 4 is 33.2 Å². The van der Waals surface area contributed by atoms with E-state index in [1.54, 1.807) is 36.4 Å². The minimum Gasteiger partial charge on any atom is -0.336 e. The lowest BCUT2D eigenvalue weighted by Gasteiger charge is -2.37. The lowest BCUT2D eigenvalue weighted by Crippen LogP contribution is -2.52. The van der Waals surface area contributed by atoms with Crippen molar-refractivity contribution in [3.05, 3.63) is 59.1 Å². The zero-order valence-electron chi connectivity index (χ0n) is 15.3. The van der Waals surface area contributed by atoms with Crippen LogP contribution in [0.2, 0.25) is 5.02 Å². The normalized spacial score (nSPS) is 20.0. The molecule has 2 fully saturated rings. The number of benzene rings is 2. The van der Waals surface area contributed by atoms with Gasteiger partial charge in [0, 0.05) is 31.2 Å². The van der Waals surface area contributed by atoms with Crippen LogP contribution in [0.4, 0.5) is 5.69 Å². The number of amides is 1. The molecule has 1 atom stereocenters. The molecule has 0 bridgehead atoms. The van der Waals surface area contributed by atoms with Crippen molar-refractivity contribution in [3.8, 4) is 0 Å². The molecule has 0 aliphatic carbocycles. The molecule has 4 rings (SSSR count). The molecule has 148 valence electrons. The van der Waals surface area contributed by atoms with Crippen LogP contribution in [0.1, 0.15) is 23.2 Å². The van der Waals surface area contributed by atoms with Crippen LogP contribution in [0.25, 0.3) is 0 Å². The van der Waals surface area contributed by atoms with E-state index in [-0.39, 0.29) is 10.8 Å². The summed E-state index contributed by atoms with van der Waals surface area (Å²) in [7, 11) is -3.85. The van der Waals surface area contributed by atoms with Crippen molar-refractivity contribution in [2.45, 2.75) is 23.8 Å². The zero-order chi connectivity index (χ0) is 19.7. The first-order chi connectivity index (χ1) is 13.4. The van der Waals surface area contributed by atoms with E-state index >= 15 is 0 Å². The molecular formula is C20H22ClN3O3S. The highest BCUT2D eigenvalue weighted by atomic mass is 35.5. The number of anilines is 1. The van der Waals surface area contributed by atoms with E-state index < -0.39 is 10.0 Å². The smallest absolute Gasteiger partial charge is 0.261 e. The maximum absolute atomic E-state index is 13.0. The second kappa shape index (κ2) is 7.73. The van der Waals surface area contributed by atoms with Crippen molar-refractivity contribution in [2.24, 2.45) is 0 Å². The second-order valence-electron chi connectivity index (χ2n) is 7.20. The van der Waals surface area contributed by atoms with E-state index in [1.807, 2.05) is 4.90 Å². The van der Waals surface area contributed by atoms with E-state index in [9.17, 15) is 13.2 Å². The van der Waals surface area contributed by atoms with Gasteiger partial charge >= 0.3 is 0 Å². The molecule has 2 aromatic rings. The summed E-state index contributed by atoms with van der Waals surface area (Å²) in [6.07, 6.45) is 2.29. The van der Waals surface area contributed by atoms with E-state index in [0.717, 1.165) is 19.5 Å². The Hall–Kier alpha value is -2.09. The van der Waals surface area contributed by atoms with Gasteiger partial charge in [0.1, 0.15) is 0 Å². The summed E-state index contributed by atoms with van der Waals surface area (Å²) in [6.45, 7) is 3.36. The van der Waals surface area contributed by atoms with Gasteiger partial charge in [0.25, 0.3) is 15.9 Å². The molecule has 1 amide bonds. The van der Waals surface area contributed by atoms with Gasteiger partial charge < -0.3 is 4.90 Å². The van der Waals surface area contributed by atoms with Gasteiger partial charge in [0.05, 0.1) is 15.6 Å². The molecule has 2 aromatic carbocycles. The fourth-order valence-electron chi connectivity index (χ4n) is 3.90. The van der Waals surface area contributed by atoms with E-state index in [4.69, 9.17) is 11.6 Å². The van der Waals surface area contributed by atoms with Crippen molar-refractivity contribution in [3.63, 3.8) is 0 Å². The highest BCUT2D eigenvalue weighted by Gasteiger charge is 2.33. The van der Waals surface area contributed by atoms with Crippen molar-refractivity contribution in [1.82, 2.24) is 9.80 Å². The van der Waals surface area contributed by atoms with Crippen LogP contribution in [0.3, 0.4) is 0 Å². The Bertz CT molecular complexity index is 996. The number of halogens is 1. The van der Waals surface area contributed by atoms with Gasteiger partial charge in [-0.05, 0) is 49.7 Å². The van der Waals surface area contributed by atoms with E-state index in [2.05, 4.69) is 9.62 Å². The van der Waals surface area contributed by atoms with E-state index in [0.29, 0.717) is 35.4 Å². The Morgan fingerprint density at radius 2 is 1.89 bits per heavy atom. The number of rotatable bonds is 4. The number of para-hydroxylation sites is 1. The number of carbonyl (C=O) groups is 1. The number of sulfonamides is 1. The number of carbonyl (C=O) groups excluding carboxylic acids is 1. The Morgan fingerprint density at radius 1 is 1.07 bits per heavy atom. The average molecular weight is 420 g/mol. The maximum Gasteiger partial charge on any atom is 0.261 e. The molecule has 0 saturated carbocycles. The largest absolute Gasteiger partial charge is 0.336 e. The Labute approximate surface area is 170 Å². The summed E-state index contributed by atoms with van der Waals surface area (Å²) < 4.78 is 28.0. The molecule has 6 nitrogen and oxygen atoms in total. The molecular weight excluding hydrogens is 398 g/mol. The quantitative estimate of drug-likeness (QED) is 0.826. The number of nitrogens with zero attached hydrogens (tertiary/aromatic N) is 2. The summed E-state index contributed by atoms with van der Waals surface area (Å²) >= 11 is 6.05. The maximum atomic E-state index is 13.0. The first-order valence-corrected chi connectivity index (χ1v) is 11.2. The third kappa shape index (κ3) is 3.87. The van der Waals surface area contributed by atoms with Gasteiger partial charge in [-0.2, -0.15) is 0 Å². The van der Waals surface area contributed by atoms with E-state index in [1.165, 1.54) is 18.6 Å². The molecule has 1 N–H and O–H groups in total. The lowest BCUT2D eigenvalue weighted by atomic mass is 10.1. The van der Waals surface area contributed by atoms with Gasteiger partial charge in [-0.25, -0.2) is 8.42 Å².